The van der Waals surface area contributed by atoms with Crippen LogP contribution in [0.25, 0.3) is 0 Å². The molecule has 6 heteroatoms. The number of phenolic OH excluding ortho intramolecular Hbond substituents is 1. The zero-order valence-electron chi connectivity index (χ0n) is 13.4. The van der Waals surface area contributed by atoms with Crippen molar-refractivity contribution in [3.63, 3.8) is 0 Å². The van der Waals surface area contributed by atoms with Gasteiger partial charge in [-0.05, 0) is 68.5 Å². The number of hydrogen-bond donors (Lipinski definition) is 1. The molecule has 24 heavy (non-hydrogen) atoms. The van der Waals surface area contributed by atoms with Crippen LogP contribution in [0.3, 0.4) is 0 Å². The van der Waals surface area contributed by atoms with Crippen LogP contribution in [0.5, 0.6) is 11.5 Å². The van der Waals surface area contributed by atoms with E-state index >= 15 is 0 Å². The number of phenols is 1. The molecule has 2 aromatic rings. The molecule has 0 saturated carbocycles. The molecule has 1 atom stereocenters. The van der Waals surface area contributed by atoms with Crippen LogP contribution in [0.4, 0.5) is 0 Å². The summed E-state index contributed by atoms with van der Waals surface area (Å²) < 4.78 is 9.91. The van der Waals surface area contributed by atoms with Crippen LogP contribution in [0.15, 0.2) is 42.2 Å². The summed E-state index contributed by atoms with van der Waals surface area (Å²) in [6.07, 6.45) is 0.742. The van der Waals surface area contributed by atoms with Crippen LogP contribution in [0.2, 0.25) is 0 Å². The summed E-state index contributed by atoms with van der Waals surface area (Å²) in [5.74, 6) is 1.04. The molecule has 0 saturated heterocycles. The number of hydrogen-bond acceptors (Lipinski definition) is 2. The van der Waals surface area contributed by atoms with Crippen molar-refractivity contribution in [2.75, 3.05) is 0 Å². The van der Waals surface area contributed by atoms with Crippen LogP contribution in [0.1, 0.15) is 38.3 Å². The van der Waals surface area contributed by atoms with Crippen LogP contribution in [0, 0.1) is 0 Å². The number of aromatic hydroxyl groups is 1. The van der Waals surface area contributed by atoms with E-state index in [1.54, 1.807) is 0 Å². The Morgan fingerprint density at radius 3 is 2.04 bits per heavy atom. The van der Waals surface area contributed by atoms with Crippen molar-refractivity contribution in [1.29, 1.82) is 0 Å². The minimum absolute atomic E-state index is 0.115. The van der Waals surface area contributed by atoms with Gasteiger partial charge < -0.3 is 9.84 Å². The van der Waals surface area contributed by atoms with Crippen LogP contribution in [-0.4, -0.2) is 5.11 Å². The van der Waals surface area contributed by atoms with Crippen molar-refractivity contribution in [2.45, 2.75) is 38.2 Å². The van der Waals surface area contributed by atoms with Crippen LogP contribution in [-0.2, 0) is 11.0 Å². The van der Waals surface area contributed by atoms with Crippen molar-refractivity contribution in [3.8, 4) is 11.5 Å². The summed E-state index contributed by atoms with van der Waals surface area (Å²) in [4.78, 5) is 0. The molecule has 2 nitrogen and oxygen atoms in total. The Bertz CT molecular complexity index is 832. The highest BCUT2D eigenvalue weighted by atomic mass is 79.9. The molecule has 1 aliphatic rings. The summed E-state index contributed by atoms with van der Waals surface area (Å²) in [7, 11) is 0. The number of ether oxygens (including phenoxy) is 1. The number of fused-ring (bicyclic) bond motifs is 1. The molecule has 1 heterocycles. The topological polar surface area (TPSA) is 29.5 Å². The van der Waals surface area contributed by atoms with Gasteiger partial charge in [-0.1, -0.05) is 45.7 Å². The third-order valence-corrected chi connectivity index (χ3v) is 6.55. The average Bonchev–Trinajstić information content (AvgIpc) is 2.43. The van der Waals surface area contributed by atoms with E-state index < -0.39 is 5.60 Å². The molecular formula is C18H16Br4O2. The first-order chi connectivity index (χ1) is 11.0. The van der Waals surface area contributed by atoms with E-state index in [1.807, 2.05) is 25.1 Å². The molecule has 0 amide bonds. The van der Waals surface area contributed by atoms with Gasteiger partial charge in [0.15, 0.2) is 0 Å². The molecule has 0 fully saturated rings. The SMILES string of the molecule is CC1(C)CC(C)(c2cc(Br)cc(Br)c2O)Oc2c(Br)cc(Br)cc21. The molecule has 1 unspecified atom stereocenters. The van der Waals surface area contributed by atoms with E-state index in [9.17, 15) is 5.11 Å². The third-order valence-electron chi connectivity index (χ3n) is 4.44. The standard InChI is InChI=1S/C18H16Br4O2/c1-17(2)8-18(3,11-4-9(19)6-13(21)15(11)23)24-16-12(17)5-10(20)7-14(16)22/h4-7,23H,8H2,1-3H3. The molecule has 1 N–H and O–H groups in total. The lowest BCUT2D eigenvalue weighted by Gasteiger charge is -2.45. The van der Waals surface area contributed by atoms with E-state index in [2.05, 4.69) is 83.6 Å². The lowest BCUT2D eigenvalue weighted by atomic mass is 9.71. The second-order valence-corrected chi connectivity index (χ2v) is 10.5. The monoisotopic (exact) mass is 580 g/mol. The quantitative estimate of drug-likeness (QED) is 0.379. The average molecular weight is 584 g/mol. The highest BCUT2D eigenvalue weighted by Gasteiger charge is 2.45. The second-order valence-electron chi connectivity index (χ2n) is 6.94. The van der Waals surface area contributed by atoms with Gasteiger partial charge in [0, 0.05) is 26.5 Å². The van der Waals surface area contributed by atoms with Crippen molar-refractivity contribution in [3.05, 3.63) is 53.3 Å². The maximum absolute atomic E-state index is 10.6. The van der Waals surface area contributed by atoms with E-state index in [0.29, 0.717) is 4.47 Å². The van der Waals surface area contributed by atoms with Gasteiger partial charge in [0.25, 0.3) is 0 Å². The Kier molecular flexibility index (Phi) is 4.91. The second kappa shape index (κ2) is 6.29. The van der Waals surface area contributed by atoms with Gasteiger partial charge >= 0.3 is 0 Å². The molecule has 128 valence electrons. The number of halogens is 4. The Morgan fingerprint density at radius 1 is 0.875 bits per heavy atom. The van der Waals surface area contributed by atoms with E-state index in [1.165, 1.54) is 0 Å². The predicted octanol–water partition coefficient (Wildman–Crippen LogP) is 7.42. The lowest BCUT2D eigenvalue weighted by Crippen LogP contribution is -2.41. The largest absolute Gasteiger partial charge is 0.506 e. The molecule has 3 rings (SSSR count). The molecule has 2 aromatic carbocycles. The molecule has 1 aliphatic heterocycles. The first kappa shape index (κ1) is 18.7. The molecule has 0 aromatic heterocycles. The molecule has 0 aliphatic carbocycles. The van der Waals surface area contributed by atoms with E-state index in [4.69, 9.17) is 4.74 Å². The maximum Gasteiger partial charge on any atom is 0.138 e. The highest BCUT2D eigenvalue weighted by molar-refractivity contribution is 9.11. The Morgan fingerprint density at radius 2 is 1.42 bits per heavy atom. The van der Waals surface area contributed by atoms with Crippen LogP contribution >= 0.6 is 63.7 Å². The lowest BCUT2D eigenvalue weighted by molar-refractivity contribution is 0.0294. The van der Waals surface area contributed by atoms with Crippen molar-refractivity contribution < 1.29 is 9.84 Å². The summed E-state index contributed by atoms with van der Waals surface area (Å²) in [5.41, 5.74) is 1.14. The van der Waals surface area contributed by atoms with Gasteiger partial charge in [-0.25, -0.2) is 0 Å². The van der Waals surface area contributed by atoms with Gasteiger partial charge in [-0.2, -0.15) is 0 Å². The Balaban J connectivity index is 2.22. The summed E-state index contributed by atoms with van der Waals surface area (Å²) in [6.45, 7) is 6.44. The van der Waals surface area contributed by atoms with Crippen LogP contribution < -0.4 is 4.74 Å². The first-order valence-electron chi connectivity index (χ1n) is 7.40. The van der Waals surface area contributed by atoms with Crippen molar-refractivity contribution in [1.82, 2.24) is 0 Å². The Labute approximate surface area is 175 Å². The Hall–Kier alpha value is -0.0400. The maximum atomic E-state index is 10.6. The number of benzene rings is 2. The van der Waals surface area contributed by atoms with Gasteiger partial charge in [-0.3, -0.25) is 0 Å². The van der Waals surface area contributed by atoms with Gasteiger partial charge in [0.2, 0.25) is 0 Å². The summed E-state index contributed by atoms with van der Waals surface area (Å²) >= 11 is 14.1. The third kappa shape index (κ3) is 3.19. The fourth-order valence-corrected chi connectivity index (χ4v) is 6.02. The smallest absolute Gasteiger partial charge is 0.138 e. The normalized spacial score (nSPS) is 22.0. The summed E-state index contributed by atoms with van der Waals surface area (Å²) in [6, 6.07) is 7.85. The highest BCUT2D eigenvalue weighted by Crippen LogP contribution is 2.54. The summed E-state index contributed by atoms with van der Waals surface area (Å²) in [5, 5.41) is 10.6. The zero-order chi connectivity index (χ0) is 17.9. The minimum Gasteiger partial charge on any atom is -0.506 e. The fraction of sp³-hybridized carbons (Fsp3) is 0.333. The van der Waals surface area contributed by atoms with E-state index in [0.717, 1.165) is 36.7 Å². The molecule has 0 bridgehead atoms. The van der Waals surface area contributed by atoms with Gasteiger partial charge in [-0.15, -0.1) is 0 Å². The molecule has 0 spiro atoms. The first-order valence-corrected chi connectivity index (χ1v) is 10.6. The van der Waals surface area contributed by atoms with Crippen molar-refractivity contribution in [2.24, 2.45) is 0 Å². The zero-order valence-corrected chi connectivity index (χ0v) is 19.7. The minimum atomic E-state index is -0.650. The fourth-order valence-electron chi connectivity index (χ4n) is 3.49. The molecule has 0 radical (unpaired) electrons. The predicted molar refractivity (Wildman–Crippen MR) is 111 cm³/mol. The number of rotatable bonds is 1. The van der Waals surface area contributed by atoms with Gasteiger partial charge in [0.1, 0.15) is 17.1 Å². The molecular weight excluding hydrogens is 568 g/mol. The van der Waals surface area contributed by atoms with E-state index in [-0.39, 0.29) is 11.2 Å². The van der Waals surface area contributed by atoms with Crippen molar-refractivity contribution >= 4 is 63.7 Å². The van der Waals surface area contributed by atoms with Gasteiger partial charge in [0.05, 0.1) is 8.95 Å².